The summed E-state index contributed by atoms with van der Waals surface area (Å²) >= 11 is 1.49. The second-order valence-electron chi connectivity index (χ2n) is 7.83. The van der Waals surface area contributed by atoms with E-state index in [0.29, 0.717) is 24.4 Å². The van der Waals surface area contributed by atoms with Gasteiger partial charge in [0.25, 0.3) is 0 Å². The summed E-state index contributed by atoms with van der Waals surface area (Å²) in [5.74, 6) is 1.99. The number of rotatable bonds is 6. The molecule has 5 rings (SSSR count). The fraction of sp³-hybridized carbons (Fsp3) is 0.381. The molecule has 2 aromatic rings. The summed E-state index contributed by atoms with van der Waals surface area (Å²) < 4.78 is 5.60. The Bertz CT molecular complexity index is 1010. The Labute approximate surface area is 179 Å². The van der Waals surface area contributed by atoms with Gasteiger partial charge in [-0.1, -0.05) is 0 Å². The van der Waals surface area contributed by atoms with Gasteiger partial charge in [0, 0.05) is 35.2 Å². The topological polar surface area (TPSA) is 91.4 Å². The van der Waals surface area contributed by atoms with Crippen molar-refractivity contribution >= 4 is 29.2 Å². The summed E-state index contributed by atoms with van der Waals surface area (Å²) in [7, 11) is 2.00. The Hall–Kier alpha value is -2.62. The highest BCUT2D eigenvalue weighted by Crippen LogP contribution is 2.33. The third kappa shape index (κ3) is 4.14. The Morgan fingerprint density at radius 2 is 2.03 bits per heavy atom. The minimum absolute atomic E-state index is 0.114. The number of anilines is 2. The molecule has 3 N–H and O–H groups in total. The van der Waals surface area contributed by atoms with E-state index in [0.717, 1.165) is 46.3 Å². The number of hydrogen-bond acceptors (Lipinski definition) is 8. The van der Waals surface area contributed by atoms with Crippen molar-refractivity contribution in [2.45, 2.75) is 49.1 Å². The molecule has 0 radical (unpaired) electrons. The van der Waals surface area contributed by atoms with Gasteiger partial charge in [-0.05, 0) is 61.9 Å². The molecule has 1 amide bonds. The zero-order valence-electron chi connectivity index (χ0n) is 16.9. The van der Waals surface area contributed by atoms with Gasteiger partial charge in [0.15, 0.2) is 5.16 Å². The maximum atomic E-state index is 11.9. The van der Waals surface area contributed by atoms with Gasteiger partial charge in [0.1, 0.15) is 11.6 Å². The monoisotopic (exact) mass is 424 g/mol. The Balaban J connectivity index is 1.32. The van der Waals surface area contributed by atoms with Crippen molar-refractivity contribution in [3.63, 3.8) is 0 Å². The molecule has 1 fully saturated rings. The van der Waals surface area contributed by atoms with Crippen molar-refractivity contribution in [1.82, 2.24) is 20.4 Å². The van der Waals surface area contributed by atoms with Crippen molar-refractivity contribution in [2.75, 3.05) is 17.7 Å². The molecule has 30 heavy (non-hydrogen) atoms. The number of benzene rings is 1. The normalized spacial score (nSPS) is 20.5. The second kappa shape index (κ2) is 7.90. The van der Waals surface area contributed by atoms with Crippen LogP contribution in [0, 0.1) is 5.92 Å². The number of fused-ring (bicyclic) bond motifs is 1. The molecule has 3 aliphatic rings. The number of hydrazine groups is 1. The fourth-order valence-corrected chi connectivity index (χ4v) is 4.13. The van der Waals surface area contributed by atoms with E-state index in [1.165, 1.54) is 11.8 Å². The average molecular weight is 425 g/mol. The van der Waals surface area contributed by atoms with Crippen LogP contribution < -0.4 is 16.1 Å². The number of likely N-dealkylation sites (N-methyl/N-ethyl adjacent to an activating group) is 1. The lowest BCUT2D eigenvalue weighted by Crippen LogP contribution is -2.34. The standard InChI is InChI=1S/C21H24N6O2S/c1-12-9-18(26-27(12)2)24-19-16-10-29-11-17(16)23-21(25-19)30-15-7-5-14(6-8-15)22-20(28)13-3-4-13/h5-9,12-13,26H,3-4,10-11H2,1-2H3,(H,22,28)(H,23,24,25). The van der Waals surface area contributed by atoms with Gasteiger partial charge in [-0.3, -0.25) is 4.79 Å². The summed E-state index contributed by atoms with van der Waals surface area (Å²) in [5, 5.41) is 9.04. The first kappa shape index (κ1) is 19.3. The molecule has 1 atom stereocenters. The van der Waals surface area contributed by atoms with Crippen LogP contribution in [0.5, 0.6) is 0 Å². The third-order valence-electron chi connectivity index (χ3n) is 5.41. The Morgan fingerprint density at radius 1 is 1.23 bits per heavy atom. The van der Waals surface area contributed by atoms with E-state index < -0.39 is 0 Å². The number of carbonyl (C=O) groups is 1. The molecule has 1 saturated carbocycles. The van der Waals surface area contributed by atoms with Gasteiger partial charge < -0.3 is 20.8 Å². The van der Waals surface area contributed by atoms with Crippen LogP contribution in [-0.4, -0.2) is 34.0 Å². The van der Waals surface area contributed by atoms with Crippen LogP contribution in [0.15, 0.2) is 46.2 Å². The minimum Gasteiger partial charge on any atom is -0.370 e. The van der Waals surface area contributed by atoms with Crippen LogP contribution in [0.2, 0.25) is 0 Å². The molecule has 8 nitrogen and oxygen atoms in total. The first-order valence-corrected chi connectivity index (χ1v) is 10.9. The highest BCUT2D eigenvalue weighted by atomic mass is 32.2. The van der Waals surface area contributed by atoms with Gasteiger partial charge in [0.2, 0.25) is 5.91 Å². The van der Waals surface area contributed by atoms with E-state index in [4.69, 9.17) is 9.72 Å². The van der Waals surface area contributed by atoms with Gasteiger partial charge in [0.05, 0.1) is 18.9 Å². The average Bonchev–Trinajstić information content (AvgIpc) is 3.39. The van der Waals surface area contributed by atoms with E-state index in [9.17, 15) is 4.79 Å². The van der Waals surface area contributed by atoms with Crippen LogP contribution in [0.1, 0.15) is 31.0 Å². The molecule has 2 aliphatic heterocycles. The zero-order chi connectivity index (χ0) is 20.7. The smallest absolute Gasteiger partial charge is 0.227 e. The van der Waals surface area contributed by atoms with Crippen molar-refractivity contribution in [3.8, 4) is 0 Å². The minimum atomic E-state index is 0.114. The number of nitrogens with one attached hydrogen (secondary N) is 3. The highest BCUT2D eigenvalue weighted by Gasteiger charge is 2.29. The molecule has 0 bridgehead atoms. The van der Waals surface area contributed by atoms with E-state index in [2.05, 4.69) is 34.0 Å². The molecule has 1 aliphatic carbocycles. The lowest BCUT2D eigenvalue weighted by atomic mass is 10.2. The van der Waals surface area contributed by atoms with Crippen LogP contribution in [0.4, 0.5) is 11.5 Å². The van der Waals surface area contributed by atoms with Crippen molar-refractivity contribution in [1.29, 1.82) is 0 Å². The molecular formula is C21H24N6O2S. The summed E-state index contributed by atoms with van der Waals surface area (Å²) in [4.78, 5) is 22.4. The van der Waals surface area contributed by atoms with Gasteiger partial charge in [-0.15, -0.1) is 0 Å². The molecule has 1 aromatic carbocycles. The van der Waals surface area contributed by atoms with Crippen molar-refractivity contribution in [3.05, 3.63) is 47.4 Å². The number of hydrogen-bond donors (Lipinski definition) is 3. The lowest BCUT2D eigenvalue weighted by molar-refractivity contribution is -0.117. The van der Waals surface area contributed by atoms with Crippen LogP contribution in [0.3, 0.4) is 0 Å². The highest BCUT2D eigenvalue weighted by molar-refractivity contribution is 7.99. The predicted molar refractivity (Wildman–Crippen MR) is 115 cm³/mol. The predicted octanol–water partition coefficient (Wildman–Crippen LogP) is 3.10. The molecule has 1 aromatic heterocycles. The Kier molecular flexibility index (Phi) is 5.10. The van der Waals surface area contributed by atoms with Crippen LogP contribution in [0.25, 0.3) is 0 Å². The number of aromatic nitrogens is 2. The number of nitrogens with zero attached hydrogens (tertiary/aromatic N) is 3. The van der Waals surface area contributed by atoms with Gasteiger partial charge in [-0.2, -0.15) is 0 Å². The van der Waals surface area contributed by atoms with E-state index in [-0.39, 0.29) is 11.8 Å². The molecular weight excluding hydrogens is 400 g/mol. The van der Waals surface area contributed by atoms with Crippen LogP contribution >= 0.6 is 11.8 Å². The zero-order valence-corrected chi connectivity index (χ0v) is 17.8. The molecule has 9 heteroatoms. The molecule has 156 valence electrons. The SMILES string of the molecule is CC1C=C(Nc2nc(Sc3ccc(NC(=O)C4CC4)cc3)nc3c2COC3)NN1C. The summed E-state index contributed by atoms with van der Waals surface area (Å²) in [6.07, 6.45) is 4.11. The number of amides is 1. The lowest BCUT2D eigenvalue weighted by Gasteiger charge is -2.17. The molecule has 0 spiro atoms. The third-order valence-corrected chi connectivity index (χ3v) is 6.28. The van der Waals surface area contributed by atoms with Gasteiger partial charge in [-0.25, -0.2) is 15.0 Å². The van der Waals surface area contributed by atoms with Crippen LogP contribution in [-0.2, 0) is 22.7 Å². The largest absolute Gasteiger partial charge is 0.370 e. The van der Waals surface area contributed by atoms with Crippen molar-refractivity contribution in [2.24, 2.45) is 5.92 Å². The second-order valence-corrected chi connectivity index (χ2v) is 8.87. The van der Waals surface area contributed by atoms with E-state index in [1.54, 1.807) is 0 Å². The number of carbonyl (C=O) groups excluding carboxylic acids is 1. The molecule has 3 heterocycles. The van der Waals surface area contributed by atoms with E-state index in [1.807, 2.05) is 36.3 Å². The maximum Gasteiger partial charge on any atom is 0.227 e. The first-order chi connectivity index (χ1) is 14.5. The van der Waals surface area contributed by atoms with Gasteiger partial charge >= 0.3 is 0 Å². The molecule has 1 unspecified atom stereocenters. The summed E-state index contributed by atoms with van der Waals surface area (Å²) in [5.41, 5.74) is 6.03. The molecule has 0 saturated heterocycles. The van der Waals surface area contributed by atoms with E-state index >= 15 is 0 Å². The number of ether oxygens (including phenoxy) is 1. The summed E-state index contributed by atoms with van der Waals surface area (Å²) in [6.45, 7) is 3.12. The quantitative estimate of drug-likeness (QED) is 0.610. The summed E-state index contributed by atoms with van der Waals surface area (Å²) in [6, 6.07) is 8.09. The Morgan fingerprint density at radius 3 is 2.73 bits per heavy atom. The van der Waals surface area contributed by atoms with Crippen molar-refractivity contribution < 1.29 is 9.53 Å². The fourth-order valence-electron chi connectivity index (χ4n) is 3.36. The first-order valence-electron chi connectivity index (χ1n) is 10.1. The maximum absolute atomic E-state index is 11.9.